The summed E-state index contributed by atoms with van der Waals surface area (Å²) in [6, 6.07) is 13.3. The average Bonchev–Trinajstić information content (AvgIpc) is 3.22. The first-order chi connectivity index (χ1) is 14.1. The van der Waals surface area contributed by atoms with Crippen LogP contribution in [-0.4, -0.2) is 40.0 Å². The van der Waals surface area contributed by atoms with Gasteiger partial charge in [0.1, 0.15) is 11.6 Å². The lowest BCUT2D eigenvalue weighted by atomic mass is 10.1. The number of halogens is 1. The minimum atomic E-state index is -0.407. The number of hydrogen-bond acceptors (Lipinski definition) is 4. The molecule has 0 spiro atoms. The number of nitrogens with zero attached hydrogens (tertiary/aromatic N) is 2. The van der Waals surface area contributed by atoms with Crippen LogP contribution in [0.1, 0.15) is 24.2 Å². The fourth-order valence-corrected chi connectivity index (χ4v) is 3.60. The summed E-state index contributed by atoms with van der Waals surface area (Å²) in [4.78, 5) is 34.2. The highest BCUT2D eigenvalue weighted by Gasteiger charge is 2.24. The minimum absolute atomic E-state index is 0.0583. The summed E-state index contributed by atoms with van der Waals surface area (Å²) in [6.07, 6.45) is 1.69. The molecule has 2 aromatic carbocycles. The molecule has 1 atom stereocenters. The Morgan fingerprint density at radius 3 is 2.79 bits per heavy atom. The van der Waals surface area contributed by atoms with Crippen LogP contribution in [0, 0.1) is 5.82 Å². The van der Waals surface area contributed by atoms with E-state index in [2.05, 4.69) is 9.97 Å². The Labute approximate surface area is 167 Å². The van der Waals surface area contributed by atoms with E-state index < -0.39 is 5.82 Å². The fourth-order valence-electron chi connectivity index (χ4n) is 3.60. The van der Waals surface area contributed by atoms with E-state index in [0.717, 1.165) is 12.8 Å². The molecule has 1 saturated heterocycles. The number of fused-ring (bicyclic) bond motifs is 1. The third kappa shape index (κ3) is 4.51. The summed E-state index contributed by atoms with van der Waals surface area (Å²) in [7, 11) is 0. The van der Waals surface area contributed by atoms with Crippen LogP contribution in [0.25, 0.3) is 10.9 Å². The van der Waals surface area contributed by atoms with Crippen LogP contribution in [0.4, 0.5) is 4.39 Å². The largest absolute Gasteiger partial charge is 0.376 e. The summed E-state index contributed by atoms with van der Waals surface area (Å²) in [5.41, 5.74) is 0.670. The molecule has 0 aliphatic carbocycles. The van der Waals surface area contributed by atoms with Crippen molar-refractivity contribution in [2.75, 3.05) is 13.2 Å². The predicted molar refractivity (Wildman–Crippen MR) is 107 cm³/mol. The Balaban J connectivity index is 1.59. The Morgan fingerprint density at radius 2 is 2.00 bits per heavy atom. The van der Waals surface area contributed by atoms with Gasteiger partial charge in [0.15, 0.2) is 0 Å². The average molecular weight is 395 g/mol. The van der Waals surface area contributed by atoms with E-state index in [1.807, 2.05) is 6.07 Å². The molecule has 1 aliphatic heterocycles. The second kappa shape index (κ2) is 8.53. The van der Waals surface area contributed by atoms with E-state index in [9.17, 15) is 14.0 Å². The number of aromatic amines is 1. The quantitative estimate of drug-likeness (QED) is 0.696. The third-order valence-corrected chi connectivity index (χ3v) is 5.10. The molecular formula is C22H22FN3O3. The molecule has 7 heteroatoms. The fraction of sp³-hybridized carbons (Fsp3) is 0.318. The van der Waals surface area contributed by atoms with Gasteiger partial charge >= 0.3 is 0 Å². The van der Waals surface area contributed by atoms with E-state index in [0.29, 0.717) is 35.4 Å². The SMILES string of the molecule is O=C(Cc1ccccc1F)N(Cc1nc2ccccc2c(=O)[nH]1)C[C@H]1CCCO1. The Hall–Kier alpha value is -3.06. The number of amides is 1. The lowest BCUT2D eigenvalue weighted by Gasteiger charge is -2.25. The van der Waals surface area contributed by atoms with Crippen LogP contribution in [0.15, 0.2) is 53.3 Å². The molecule has 0 radical (unpaired) electrons. The molecule has 1 fully saturated rings. The molecule has 2 heterocycles. The maximum Gasteiger partial charge on any atom is 0.258 e. The molecule has 3 aromatic rings. The first kappa shape index (κ1) is 19.3. The van der Waals surface area contributed by atoms with Crippen LogP contribution in [0.3, 0.4) is 0 Å². The van der Waals surface area contributed by atoms with E-state index in [-0.39, 0.29) is 30.5 Å². The second-order valence-corrected chi connectivity index (χ2v) is 7.21. The van der Waals surface area contributed by atoms with Crippen LogP contribution < -0.4 is 5.56 Å². The summed E-state index contributed by atoms with van der Waals surface area (Å²) in [5.74, 6) is -0.245. The van der Waals surface area contributed by atoms with Gasteiger partial charge in [-0.15, -0.1) is 0 Å². The van der Waals surface area contributed by atoms with Crippen molar-refractivity contribution in [3.8, 4) is 0 Å². The molecule has 150 valence electrons. The molecule has 0 saturated carbocycles. The Morgan fingerprint density at radius 1 is 1.21 bits per heavy atom. The molecule has 0 unspecified atom stereocenters. The van der Waals surface area contributed by atoms with Gasteiger partial charge in [0.2, 0.25) is 5.91 Å². The smallest absolute Gasteiger partial charge is 0.258 e. The number of benzene rings is 2. The second-order valence-electron chi connectivity index (χ2n) is 7.21. The molecule has 0 bridgehead atoms. The van der Waals surface area contributed by atoms with E-state index >= 15 is 0 Å². The highest BCUT2D eigenvalue weighted by atomic mass is 19.1. The highest BCUT2D eigenvalue weighted by Crippen LogP contribution is 2.17. The number of para-hydroxylation sites is 1. The zero-order valence-corrected chi connectivity index (χ0v) is 15.9. The topological polar surface area (TPSA) is 75.3 Å². The number of ether oxygens (including phenoxy) is 1. The molecule has 1 aromatic heterocycles. The molecular weight excluding hydrogens is 373 g/mol. The van der Waals surface area contributed by atoms with Crippen molar-refractivity contribution in [2.45, 2.75) is 31.9 Å². The van der Waals surface area contributed by atoms with Gasteiger partial charge in [-0.05, 0) is 36.6 Å². The van der Waals surface area contributed by atoms with Gasteiger partial charge in [-0.25, -0.2) is 9.37 Å². The summed E-state index contributed by atoms with van der Waals surface area (Å²) >= 11 is 0. The van der Waals surface area contributed by atoms with Crippen molar-refractivity contribution in [1.82, 2.24) is 14.9 Å². The van der Waals surface area contributed by atoms with Crippen molar-refractivity contribution in [2.24, 2.45) is 0 Å². The number of aromatic nitrogens is 2. The van der Waals surface area contributed by atoms with Crippen LogP contribution in [-0.2, 0) is 22.5 Å². The minimum Gasteiger partial charge on any atom is -0.376 e. The molecule has 1 N–H and O–H groups in total. The maximum absolute atomic E-state index is 14.0. The lowest BCUT2D eigenvalue weighted by molar-refractivity contribution is -0.132. The standard InChI is InChI=1S/C22H22FN3O3/c23-18-9-3-1-6-15(18)12-21(27)26(13-16-7-5-11-29-16)14-20-24-19-10-4-2-8-17(19)22(28)25-20/h1-4,6,8-10,16H,5,7,11-14H2,(H,24,25,28)/t16-/m1/s1. The number of H-pyrrole nitrogens is 1. The van der Waals surface area contributed by atoms with Crippen molar-refractivity contribution in [3.63, 3.8) is 0 Å². The number of carbonyl (C=O) groups is 1. The van der Waals surface area contributed by atoms with Crippen LogP contribution in [0.2, 0.25) is 0 Å². The van der Waals surface area contributed by atoms with Crippen molar-refractivity contribution in [1.29, 1.82) is 0 Å². The molecule has 29 heavy (non-hydrogen) atoms. The first-order valence-corrected chi connectivity index (χ1v) is 9.71. The normalized spacial score (nSPS) is 16.2. The molecule has 1 aliphatic rings. The molecule has 6 nitrogen and oxygen atoms in total. The summed E-state index contributed by atoms with van der Waals surface area (Å²) in [5, 5.41) is 0.500. The Bertz CT molecular complexity index is 1080. The van der Waals surface area contributed by atoms with Crippen molar-refractivity contribution >= 4 is 16.8 Å². The number of rotatable bonds is 6. The number of hydrogen-bond donors (Lipinski definition) is 1. The van der Waals surface area contributed by atoms with Gasteiger partial charge in [-0.3, -0.25) is 9.59 Å². The highest BCUT2D eigenvalue weighted by molar-refractivity contribution is 5.79. The zero-order valence-electron chi connectivity index (χ0n) is 15.9. The molecule has 1 amide bonds. The van der Waals surface area contributed by atoms with Crippen molar-refractivity contribution < 1.29 is 13.9 Å². The Kier molecular flexibility index (Phi) is 5.67. The van der Waals surface area contributed by atoms with Gasteiger partial charge < -0.3 is 14.6 Å². The van der Waals surface area contributed by atoms with Gasteiger partial charge in [-0.2, -0.15) is 0 Å². The van der Waals surface area contributed by atoms with Gasteiger partial charge in [0, 0.05) is 13.2 Å². The number of carbonyl (C=O) groups excluding carboxylic acids is 1. The van der Waals surface area contributed by atoms with Crippen molar-refractivity contribution in [3.05, 3.63) is 76.1 Å². The zero-order chi connectivity index (χ0) is 20.2. The predicted octanol–water partition coefficient (Wildman–Crippen LogP) is 2.81. The monoisotopic (exact) mass is 395 g/mol. The van der Waals surface area contributed by atoms with Gasteiger partial charge in [0.25, 0.3) is 5.56 Å². The van der Waals surface area contributed by atoms with E-state index in [4.69, 9.17) is 4.74 Å². The van der Waals surface area contributed by atoms with Crippen LogP contribution >= 0.6 is 0 Å². The number of nitrogens with one attached hydrogen (secondary N) is 1. The third-order valence-electron chi connectivity index (χ3n) is 5.10. The van der Waals surface area contributed by atoms with Crippen LogP contribution in [0.5, 0.6) is 0 Å². The van der Waals surface area contributed by atoms with E-state index in [1.165, 1.54) is 6.07 Å². The summed E-state index contributed by atoms with van der Waals surface area (Å²) in [6.45, 7) is 1.18. The lowest BCUT2D eigenvalue weighted by Crippen LogP contribution is -2.38. The van der Waals surface area contributed by atoms with Gasteiger partial charge in [0.05, 0.1) is 30.0 Å². The maximum atomic E-state index is 14.0. The molecule has 4 rings (SSSR count). The van der Waals surface area contributed by atoms with E-state index in [1.54, 1.807) is 41.3 Å². The summed E-state index contributed by atoms with van der Waals surface area (Å²) < 4.78 is 19.7. The first-order valence-electron chi connectivity index (χ1n) is 9.71. The van der Waals surface area contributed by atoms with Gasteiger partial charge in [-0.1, -0.05) is 30.3 Å².